The van der Waals surface area contributed by atoms with Crippen LogP contribution in [-0.2, 0) is 11.3 Å². The number of hydrogen-bond acceptors (Lipinski definition) is 5. The predicted molar refractivity (Wildman–Crippen MR) is 95.1 cm³/mol. The lowest BCUT2D eigenvalue weighted by atomic mass is 10.1. The molecule has 0 amide bonds. The van der Waals surface area contributed by atoms with Gasteiger partial charge in [0.2, 0.25) is 11.7 Å². The third-order valence-corrected chi connectivity index (χ3v) is 4.54. The van der Waals surface area contributed by atoms with Crippen LogP contribution >= 0.6 is 11.6 Å². The van der Waals surface area contributed by atoms with Crippen LogP contribution in [0, 0.1) is 5.82 Å². The molecule has 0 radical (unpaired) electrons. The summed E-state index contributed by atoms with van der Waals surface area (Å²) in [5.41, 5.74) is 1.78. The Bertz CT molecular complexity index is 885. The topological polar surface area (TPSA) is 51.4 Å². The molecule has 3 aromatic rings. The van der Waals surface area contributed by atoms with Gasteiger partial charge in [-0.1, -0.05) is 41.0 Å². The number of morpholine rings is 1. The molecule has 2 aromatic carbocycles. The van der Waals surface area contributed by atoms with Gasteiger partial charge in [0.1, 0.15) is 5.82 Å². The maximum absolute atomic E-state index is 13.1. The highest BCUT2D eigenvalue weighted by atomic mass is 35.5. The van der Waals surface area contributed by atoms with E-state index in [1.54, 1.807) is 24.3 Å². The normalized spacial score (nSPS) is 18.2. The van der Waals surface area contributed by atoms with Gasteiger partial charge in [-0.2, -0.15) is 4.98 Å². The van der Waals surface area contributed by atoms with E-state index < -0.39 is 0 Å². The standard InChI is InChI=1S/C19H17ClFN3O2/c20-15-3-1-2-14(10-15)19-22-18(26-23-19)12-24-8-9-25-17(11-24)13-4-6-16(21)7-5-13/h1-7,10,17H,8-9,11-12H2. The van der Waals surface area contributed by atoms with E-state index in [1.807, 2.05) is 12.1 Å². The summed E-state index contributed by atoms with van der Waals surface area (Å²) in [6, 6.07) is 13.8. The first-order valence-corrected chi connectivity index (χ1v) is 8.73. The summed E-state index contributed by atoms with van der Waals surface area (Å²) in [5, 5.41) is 4.66. The number of rotatable bonds is 4. The van der Waals surface area contributed by atoms with E-state index in [2.05, 4.69) is 15.0 Å². The third kappa shape index (κ3) is 3.93. The zero-order valence-corrected chi connectivity index (χ0v) is 14.7. The van der Waals surface area contributed by atoms with Crippen molar-refractivity contribution in [2.75, 3.05) is 19.7 Å². The van der Waals surface area contributed by atoms with E-state index in [9.17, 15) is 4.39 Å². The monoisotopic (exact) mass is 373 g/mol. The van der Waals surface area contributed by atoms with E-state index in [0.29, 0.717) is 36.4 Å². The van der Waals surface area contributed by atoms with Crippen molar-refractivity contribution in [3.63, 3.8) is 0 Å². The summed E-state index contributed by atoms with van der Waals surface area (Å²) in [7, 11) is 0. The second-order valence-corrected chi connectivity index (χ2v) is 6.60. The molecule has 1 aliphatic heterocycles. The van der Waals surface area contributed by atoms with Crippen LogP contribution in [0.2, 0.25) is 5.02 Å². The predicted octanol–water partition coefficient (Wildman–Crippen LogP) is 4.10. The molecule has 4 rings (SSSR count). The summed E-state index contributed by atoms with van der Waals surface area (Å²) < 4.78 is 24.3. The van der Waals surface area contributed by atoms with E-state index in [1.165, 1.54) is 12.1 Å². The van der Waals surface area contributed by atoms with E-state index in [4.69, 9.17) is 20.9 Å². The Balaban J connectivity index is 1.43. The largest absolute Gasteiger partial charge is 0.371 e. The van der Waals surface area contributed by atoms with Crippen LogP contribution < -0.4 is 0 Å². The fourth-order valence-electron chi connectivity index (χ4n) is 2.98. The minimum Gasteiger partial charge on any atom is -0.371 e. The summed E-state index contributed by atoms with van der Waals surface area (Å²) in [6.07, 6.45) is -0.0975. The fourth-order valence-corrected chi connectivity index (χ4v) is 3.17. The molecule has 0 aliphatic carbocycles. The average molecular weight is 374 g/mol. The summed E-state index contributed by atoms with van der Waals surface area (Å²) in [6.45, 7) is 2.58. The molecular weight excluding hydrogens is 357 g/mol. The van der Waals surface area contributed by atoms with Gasteiger partial charge < -0.3 is 9.26 Å². The van der Waals surface area contributed by atoms with Gasteiger partial charge in [0.15, 0.2) is 0 Å². The second kappa shape index (κ2) is 7.53. The molecule has 7 heteroatoms. The summed E-state index contributed by atoms with van der Waals surface area (Å²) >= 11 is 6.01. The molecule has 1 saturated heterocycles. The van der Waals surface area contributed by atoms with Gasteiger partial charge in [-0.05, 0) is 29.8 Å². The Morgan fingerprint density at radius 1 is 1.19 bits per heavy atom. The smallest absolute Gasteiger partial charge is 0.241 e. The molecule has 0 saturated carbocycles. The van der Waals surface area contributed by atoms with Gasteiger partial charge >= 0.3 is 0 Å². The van der Waals surface area contributed by atoms with Crippen molar-refractivity contribution in [1.82, 2.24) is 15.0 Å². The van der Waals surface area contributed by atoms with E-state index >= 15 is 0 Å². The van der Waals surface area contributed by atoms with Crippen molar-refractivity contribution in [2.45, 2.75) is 12.6 Å². The Morgan fingerprint density at radius 3 is 2.85 bits per heavy atom. The zero-order chi connectivity index (χ0) is 17.9. The van der Waals surface area contributed by atoms with Crippen molar-refractivity contribution in [2.24, 2.45) is 0 Å². The first kappa shape index (κ1) is 17.1. The minimum atomic E-state index is -0.249. The van der Waals surface area contributed by atoms with Gasteiger partial charge in [-0.3, -0.25) is 4.90 Å². The van der Waals surface area contributed by atoms with Crippen LogP contribution in [0.25, 0.3) is 11.4 Å². The molecule has 1 fully saturated rings. The molecule has 134 valence electrons. The maximum Gasteiger partial charge on any atom is 0.241 e. The molecule has 0 spiro atoms. The Labute approximate surface area is 155 Å². The molecule has 1 unspecified atom stereocenters. The van der Waals surface area contributed by atoms with Crippen LogP contribution in [0.3, 0.4) is 0 Å². The third-order valence-electron chi connectivity index (χ3n) is 4.30. The number of benzene rings is 2. The molecular formula is C19H17ClFN3O2. The van der Waals surface area contributed by atoms with Crippen molar-refractivity contribution in [3.05, 3.63) is 70.8 Å². The highest BCUT2D eigenvalue weighted by Gasteiger charge is 2.23. The Hall–Kier alpha value is -2.28. The first-order valence-electron chi connectivity index (χ1n) is 8.35. The highest BCUT2D eigenvalue weighted by molar-refractivity contribution is 6.30. The Kier molecular flexibility index (Phi) is 4.97. The molecule has 26 heavy (non-hydrogen) atoms. The average Bonchev–Trinajstić information content (AvgIpc) is 3.11. The van der Waals surface area contributed by atoms with Crippen molar-refractivity contribution in [1.29, 1.82) is 0 Å². The second-order valence-electron chi connectivity index (χ2n) is 6.17. The van der Waals surface area contributed by atoms with Gasteiger partial charge in [0.25, 0.3) is 0 Å². The van der Waals surface area contributed by atoms with Gasteiger partial charge in [-0.25, -0.2) is 4.39 Å². The minimum absolute atomic E-state index is 0.0975. The SMILES string of the molecule is Fc1ccc(C2CN(Cc3nc(-c4cccc(Cl)c4)no3)CCO2)cc1. The van der Waals surface area contributed by atoms with Crippen molar-refractivity contribution < 1.29 is 13.7 Å². The lowest BCUT2D eigenvalue weighted by molar-refractivity contribution is -0.0356. The lowest BCUT2D eigenvalue weighted by Crippen LogP contribution is -2.37. The molecule has 0 bridgehead atoms. The van der Waals surface area contributed by atoms with Gasteiger partial charge in [-0.15, -0.1) is 0 Å². The molecule has 5 nitrogen and oxygen atoms in total. The van der Waals surface area contributed by atoms with Gasteiger partial charge in [0.05, 0.1) is 19.3 Å². The van der Waals surface area contributed by atoms with Gasteiger partial charge in [0, 0.05) is 23.7 Å². The quantitative estimate of drug-likeness (QED) is 0.689. The fraction of sp³-hybridized carbons (Fsp3) is 0.263. The molecule has 1 aromatic heterocycles. The van der Waals surface area contributed by atoms with Crippen molar-refractivity contribution in [3.8, 4) is 11.4 Å². The maximum atomic E-state index is 13.1. The number of nitrogens with zero attached hydrogens (tertiary/aromatic N) is 3. The Morgan fingerprint density at radius 2 is 2.04 bits per heavy atom. The molecule has 1 aliphatic rings. The molecule has 1 atom stereocenters. The zero-order valence-electron chi connectivity index (χ0n) is 13.9. The van der Waals surface area contributed by atoms with Crippen LogP contribution in [0.15, 0.2) is 53.1 Å². The number of hydrogen-bond donors (Lipinski definition) is 0. The molecule has 0 N–H and O–H groups in total. The van der Waals surface area contributed by atoms with Crippen LogP contribution in [0.4, 0.5) is 4.39 Å². The lowest BCUT2D eigenvalue weighted by Gasteiger charge is -2.32. The van der Waals surface area contributed by atoms with Crippen LogP contribution in [0.1, 0.15) is 17.6 Å². The number of aromatic nitrogens is 2. The summed E-state index contributed by atoms with van der Waals surface area (Å²) in [5.74, 6) is 0.811. The first-order chi connectivity index (χ1) is 12.7. The summed E-state index contributed by atoms with van der Waals surface area (Å²) in [4.78, 5) is 6.64. The van der Waals surface area contributed by atoms with Crippen LogP contribution in [0.5, 0.6) is 0 Å². The van der Waals surface area contributed by atoms with E-state index in [0.717, 1.165) is 17.7 Å². The number of ether oxygens (including phenoxy) is 1. The highest BCUT2D eigenvalue weighted by Crippen LogP contribution is 2.24. The van der Waals surface area contributed by atoms with E-state index in [-0.39, 0.29) is 11.9 Å². The van der Waals surface area contributed by atoms with Crippen LogP contribution in [-0.4, -0.2) is 34.7 Å². The van der Waals surface area contributed by atoms with Crippen molar-refractivity contribution >= 4 is 11.6 Å². The number of halogens is 2. The molecule has 2 heterocycles.